The molecule has 0 radical (unpaired) electrons. The van der Waals surface area contributed by atoms with Gasteiger partial charge in [0.25, 0.3) is 0 Å². The molecule has 11 heavy (non-hydrogen) atoms. The van der Waals surface area contributed by atoms with E-state index in [-0.39, 0.29) is 0 Å². The largest absolute Gasteiger partial charge is 0.0955 e. The number of rotatable bonds is 3. The zero-order valence-electron chi connectivity index (χ0n) is 8.12. The van der Waals surface area contributed by atoms with Crippen molar-refractivity contribution in [1.82, 2.24) is 0 Å². The average Bonchev–Trinajstić information content (AvgIpc) is 1.85. The second-order valence-corrected chi connectivity index (χ2v) is 3.11. The highest BCUT2D eigenvalue weighted by Crippen LogP contribution is 2.22. The summed E-state index contributed by atoms with van der Waals surface area (Å²) in [5.74, 6) is 0. The van der Waals surface area contributed by atoms with Crippen LogP contribution in [-0.2, 0) is 0 Å². The van der Waals surface area contributed by atoms with Gasteiger partial charge in [0.15, 0.2) is 0 Å². The van der Waals surface area contributed by atoms with Crippen molar-refractivity contribution < 1.29 is 0 Å². The van der Waals surface area contributed by atoms with Crippen molar-refractivity contribution >= 4 is 0 Å². The topological polar surface area (TPSA) is 0 Å². The van der Waals surface area contributed by atoms with Gasteiger partial charge in [-0.1, -0.05) is 31.2 Å². The fourth-order valence-electron chi connectivity index (χ4n) is 1.26. The van der Waals surface area contributed by atoms with Crippen molar-refractivity contribution in [3.05, 3.63) is 35.5 Å². The molecular weight excluding hydrogens is 132 g/mol. The highest BCUT2D eigenvalue weighted by Gasteiger charge is 2.02. The van der Waals surface area contributed by atoms with E-state index in [0.717, 1.165) is 12.0 Å². The summed E-state index contributed by atoms with van der Waals surface area (Å²) in [7, 11) is 0. The Labute approximate surface area is 70.3 Å². The zero-order valence-corrected chi connectivity index (χ0v) is 8.12. The molecule has 0 aromatic rings. The molecule has 0 atom stereocenters. The Hall–Kier alpha value is -0.780. The van der Waals surface area contributed by atoms with E-state index in [1.54, 1.807) is 0 Å². The van der Waals surface area contributed by atoms with Gasteiger partial charge in [-0.3, -0.25) is 0 Å². The third-order valence-corrected chi connectivity index (χ3v) is 1.71. The molecule has 0 N–H and O–H groups in total. The molecule has 0 unspecified atom stereocenters. The Morgan fingerprint density at radius 2 is 1.55 bits per heavy atom. The second kappa shape index (κ2) is 4.17. The van der Waals surface area contributed by atoms with E-state index >= 15 is 0 Å². The summed E-state index contributed by atoms with van der Waals surface area (Å²) in [4.78, 5) is 0. The van der Waals surface area contributed by atoms with E-state index in [9.17, 15) is 0 Å². The van der Waals surface area contributed by atoms with Crippen LogP contribution in [0.5, 0.6) is 0 Å². The van der Waals surface area contributed by atoms with Gasteiger partial charge in [-0.25, -0.2) is 0 Å². The molecule has 0 saturated carbocycles. The molecule has 62 valence electrons. The molecule has 0 bridgehead atoms. The molecule has 0 aliphatic heterocycles. The van der Waals surface area contributed by atoms with Crippen molar-refractivity contribution in [2.45, 2.75) is 34.1 Å². The van der Waals surface area contributed by atoms with Crippen LogP contribution >= 0.6 is 0 Å². The maximum absolute atomic E-state index is 4.00. The number of allylic oxidation sites excluding steroid dienone is 4. The molecule has 0 nitrogen and oxygen atoms in total. The molecule has 0 spiro atoms. The van der Waals surface area contributed by atoms with Gasteiger partial charge in [-0.05, 0) is 38.3 Å². The Morgan fingerprint density at radius 3 is 1.64 bits per heavy atom. The summed E-state index contributed by atoms with van der Waals surface area (Å²) in [6.45, 7) is 16.3. The lowest BCUT2D eigenvalue weighted by atomic mass is 9.95. The maximum atomic E-state index is 4.00. The first-order valence-corrected chi connectivity index (χ1v) is 4.02. The molecule has 0 heteroatoms. The first-order chi connectivity index (χ1) is 5.00. The summed E-state index contributed by atoms with van der Waals surface area (Å²) >= 11 is 0. The summed E-state index contributed by atoms with van der Waals surface area (Å²) in [6, 6.07) is 0. The predicted molar refractivity (Wildman–Crippen MR) is 52.6 cm³/mol. The molecule has 0 aliphatic rings. The Bertz CT molecular complexity index is 200. The average molecular weight is 150 g/mol. The fraction of sp³-hybridized carbons (Fsp3) is 0.455. The van der Waals surface area contributed by atoms with E-state index in [0.29, 0.717) is 0 Å². The van der Waals surface area contributed by atoms with Crippen molar-refractivity contribution in [2.24, 2.45) is 0 Å². The third kappa shape index (κ3) is 2.75. The summed E-state index contributed by atoms with van der Waals surface area (Å²) in [5, 5.41) is 0. The summed E-state index contributed by atoms with van der Waals surface area (Å²) in [5.41, 5.74) is 4.88. The first kappa shape index (κ1) is 10.2. The minimum Gasteiger partial charge on any atom is -0.0955 e. The van der Waals surface area contributed by atoms with Gasteiger partial charge in [-0.15, -0.1) is 0 Å². The van der Waals surface area contributed by atoms with Gasteiger partial charge < -0.3 is 0 Å². The molecule has 0 saturated heterocycles. The van der Waals surface area contributed by atoms with Crippen LogP contribution in [-0.4, -0.2) is 0 Å². The van der Waals surface area contributed by atoms with Gasteiger partial charge in [0.1, 0.15) is 0 Å². The van der Waals surface area contributed by atoms with Crippen LogP contribution in [0, 0.1) is 0 Å². The smallest absolute Gasteiger partial charge is 0.0221 e. The lowest BCUT2D eigenvalue weighted by molar-refractivity contribution is 1.09. The Kier molecular flexibility index (Phi) is 3.88. The molecule has 0 amide bonds. The maximum Gasteiger partial charge on any atom is -0.0221 e. The van der Waals surface area contributed by atoms with Crippen LogP contribution in [0.2, 0.25) is 0 Å². The molecule has 0 aromatic heterocycles. The highest BCUT2D eigenvalue weighted by atomic mass is 14.1. The lowest BCUT2D eigenvalue weighted by Crippen LogP contribution is -1.90. The van der Waals surface area contributed by atoms with Gasteiger partial charge in [-0.2, -0.15) is 0 Å². The normalized spacial score (nSPS) is 9.09. The van der Waals surface area contributed by atoms with Gasteiger partial charge in [0.05, 0.1) is 0 Å². The van der Waals surface area contributed by atoms with Crippen LogP contribution in [0.1, 0.15) is 34.1 Å². The number of hydrogen-bond donors (Lipinski definition) is 0. The minimum atomic E-state index is 1.01. The van der Waals surface area contributed by atoms with E-state index in [2.05, 4.69) is 33.9 Å². The monoisotopic (exact) mass is 150 g/mol. The minimum absolute atomic E-state index is 1.01. The predicted octanol–water partition coefficient (Wildman–Crippen LogP) is 3.87. The highest BCUT2D eigenvalue weighted by molar-refractivity contribution is 5.45. The van der Waals surface area contributed by atoms with E-state index in [1.807, 2.05) is 6.92 Å². The summed E-state index contributed by atoms with van der Waals surface area (Å²) in [6.07, 6.45) is 1.01. The van der Waals surface area contributed by atoms with Gasteiger partial charge >= 0.3 is 0 Å². The third-order valence-electron chi connectivity index (χ3n) is 1.71. The summed E-state index contributed by atoms with van der Waals surface area (Å²) < 4.78 is 0. The lowest BCUT2D eigenvalue weighted by Gasteiger charge is -2.10. The van der Waals surface area contributed by atoms with Crippen LogP contribution in [0.4, 0.5) is 0 Å². The van der Waals surface area contributed by atoms with Crippen molar-refractivity contribution in [3.63, 3.8) is 0 Å². The molecule has 0 fully saturated rings. The van der Waals surface area contributed by atoms with Crippen LogP contribution in [0.3, 0.4) is 0 Å². The molecule has 0 rings (SSSR count). The number of hydrogen-bond acceptors (Lipinski definition) is 0. The van der Waals surface area contributed by atoms with E-state index in [1.165, 1.54) is 16.7 Å². The quantitative estimate of drug-likeness (QED) is 0.536. The Balaban J connectivity index is 4.79. The fourth-order valence-corrected chi connectivity index (χ4v) is 1.26. The SMILES string of the molecule is C=C(C)C(C(=C)CC)=C(C)C. The Morgan fingerprint density at radius 1 is 1.09 bits per heavy atom. The van der Waals surface area contributed by atoms with Gasteiger partial charge in [0.2, 0.25) is 0 Å². The van der Waals surface area contributed by atoms with E-state index in [4.69, 9.17) is 0 Å². The van der Waals surface area contributed by atoms with Crippen LogP contribution in [0.15, 0.2) is 35.5 Å². The first-order valence-electron chi connectivity index (χ1n) is 4.02. The molecular formula is C11H18. The standard InChI is InChI=1S/C11H18/c1-7-10(6)11(8(2)3)9(4)5/h2,6-7H2,1,3-5H3. The van der Waals surface area contributed by atoms with Crippen molar-refractivity contribution in [1.29, 1.82) is 0 Å². The zero-order chi connectivity index (χ0) is 9.02. The molecule has 0 aromatic carbocycles. The van der Waals surface area contributed by atoms with Crippen LogP contribution < -0.4 is 0 Å². The van der Waals surface area contributed by atoms with Crippen molar-refractivity contribution in [3.8, 4) is 0 Å². The molecule has 0 aliphatic carbocycles. The van der Waals surface area contributed by atoms with Gasteiger partial charge in [0, 0.05) is 0 Å². The molecule has 0 heterocycles. The van der Waals surface area contributed by atoms with Crippen molar-refractivity contribution in [2.75, 3.05) is 0 Å². The second-order valence-electron chi connectivity index (χ2n) is 3.11. The van der Waals surface area contributed by atoms with E-state index < -0.39 is 0 Å². The van der Waals surface area contributed by atoms with Crippen LogP contribution in [0.25, 0.3) is 0 Å².